The minimum Gasteiger partial charge on any atom is -0.314 e. The number of nitriles is 1. The molecule has 1 rings (SSSR count). The standard InChI is InChI=1S/C9H17N3/c1-8(5-10)7-12-4-3-11-6-9(12)2/h8-9,11H,3-4,6-7H2,1-2H3/t8?,9-/m1/s1. The lowest BCUT2D eigenvalue weighted by Gasteiger charge is -2.34. The van der Waals surface area contributed by atoms with Gasteiger partial charge in [-0.25, -0.2) is 0 Å². The highest BCUT2D eigenvalue weighted by atomic mass is 15.2. The molecule has 1 unspecified atom stereocenters. The molecular formula is C9H17N3. The lowest BCUT2D eigenvalue weighted by molar-refractivity contribution is 0.162. The van der Waals surface area contributed by atoms with Crippen LogP contribution in [0.3, 0.4) is 0 Å². The zero-order valence-electron chi connectivity index (χ0n) is 7.88. The number of nitrogens with one attached hydrogen (secondary N) is 1. The molecule has 2 atom stereocenters. The van der Waals surface area contributed by atoms with Crippen LogP contribution in [0.15, 0.2) is 0 Å². The van der Waals surface area contributed by atoms with Gasteiger partial charge < -0.3 is 5.32 Å². The van der Waals surface area contributed by atoms with Crippen LogP contribution in [0.4, 0.5) is 0 Å². The Bertz CT molecular complexity index is 173. The van der Waals surface area contributed by atoms with E-state index in [1.165, 1.54) is 0 Å². The monoisotopic (exact) mass is 167 g/mol. The predicted molar refractivity (Wildman–Crippen MR) is 48.7 cm³/mol. The summed E-state index contributed by atoms with van der Waals surface area (Å²) in [5.74, 6) is 0.158. The summed E-state index contributed by atoms with van der Waals surface area (Å²) in [6.07, 6.45) is 0. The van der Waals surface area contributed by atoms with Gasteiger partial charge >= 0.3 is 0 Å². The molecule has 12 heavy (non-hydrogen) atoms. The van der Waals surface area contributed by atoms with Gasteiger partial charge in [-0.1, -0.05) is 0 Å². The third-order valence-corrected chi connectivity index (χ3v) is 2.37. The molecule has 0 aliphatic carbocycles. The predicted octanol–water partition coefficient (Wildman–Crippen LogP) is 0.440. The van der Waals surface area contributed by atoms with Gasteiger partial charge in [0, 0.05) is 32.2 Å². The molecule has 1 aliphatic rings. The molecule has 1 aliphatic heterocycles. The van der Waals surface area contributed by atoms with E-state index in [2.05, 4.69) is 23.2 Å². The van der Waals surface area contributed by atoms with Crippen molar-refractivity contribution in [3.8, 4) is 6.07 Å². The first-order chi connectivity index (χ1) is 5.74. The minimum atomic E-state index is 0.158. The second-order valence-electron chi connectivity index (χ2n) is 3.58. The van der Waals surface area contributed by atoms with Crippen molar-refractivity contribution in [1.29, 1.82) is 5.26 Å². The first kappa shape index (κ1) is 9.50. The summed E-state index contributed by atoms with van der Waals surface area (Å²) in [5, 5.41) is 12.0. The molecule has 1 N–H and O–H groups in total. The Balaban J connectivity index is 2.35. The molecule has 0 radical (unpaired) electrons. The molecule has 1 fully saturated rings. The maximum atomic E-state index is 8.66. The molecule has 3 nitrogen and oxygen atoms in total. The van der Waals surface area contributed by atoms with Crippen LogP contribution in [0, 0.1) is 17.2 Å². The number of piperazine rings is 1. The van der Waals surface area contributed by atoms with Crippen LogP contribution in [0.5, 0.6) is 0 Å². The van der Waals surface area contributed by atoms with E-state index < -0.39 is 0 Å². The lowest BCUT2D eigenvalue weighted by Crippen LogP contribution is -2.50. The fraction of sp³-hybridized carbons (Fsp3) is 0.889. The largest absolute Gasteiger partial charge is 0.314 e. The fourth-order valence-electron chi connectivity index (χ4n) is 1.55. The van der Waals surface area contributed by atoms with E-state index in [1.54, 1.807) is 0 Å². The van der Waals surface area contributed by atoms with Gasteiger partial charge in [-0.05, 0) is 13.8 Å². The molecule has 3 heteroatoms. The minimum absolute atomic E-state index is 0.158. The highest BCUT2D eigenvalue weighted by Gasteiger charge is 2.18. The van der Waals surface area contributed by atoms with Crippen LogP contribution in [0.2, 0.25) is 0 Å². The summed E-state index contributed by atoms with van der Waals surface area (Å²) < 4.78 is 0. The maximum Gasteiger partial charge on any atom is 0.0666 e. The van der Waals surface area contributed by atoms with Crippen molar-refractivity contribution in [3.05, 3.63) is 0 Å². The van der Waals surface area contributed by atoms with E-state index in [0.717, 1.165) is 26.2 Å². The SMILES string of the molecule is CC(C#N)CN1CCNC[C@H]1C. The van der Waals surface area contributed by atoms with Crippen molar-refractivity contribution in [3.63, 3.8) is 0 Å². The van der Waals surface area contributed by atoms with Gasteiger partial charge in [0.05, 0.1) is 12.0 Å². The van der Waals surface area contributed by atoms with Crippen molar-refractivity contribution in [1.82, 2.24) is 10.2 Å². The first-order valence-electron chi connectivity index (χ1n) is 4.58. The van der Waals surface area contributed by atoms with Gasteiger partial charge in [-0.15, -0.1) is 0 Å². The molecule has 0 bridgehead atoms. The van der Waals surface area contributed by atoms with E-state index in [-0.39, 0.29) is 5.92 Å². The zero-order valence-corrected chi connectivity index (χ0v) is 7.88. The molecule has 0 aromatic rings. The Morgan fingerprint density at radius 1 is 1.75 bits per heavy atom. The molecule has 1 heterocycles. The van der Waals surface area contributed by atoms with E-state index in [4.69, 9.17) is 5.26 Å². The van der Waals surface area contributed by atoms with Crippen LogP contribution in [0.25, 0.3) is 0 Å². The van der Waals surface area contributed by atoms with Crippen LogP contribution < -0.4 is 5.32 Å². The van der Waals surface area contributed by atoms with Gasteiger partial charge in [-0.3, -0.25) is 4.90 Å². The molecular weight excluding hydrogens is 150 g/mol. The smallest absolute Gasteiger partial charge is 0.0666 e. The topological polar surface area (TPSA) is 39.1 Å². The molecule has 0 amide bonds. The molecule has 0 saturated carbocycles. The summed E-state index contributed by atoms with van der Waals surface area (Å²) in [6.45, 7) is 8.29. The van der Waals surface area contributed by atoms with Crippen LogP contribution in [0.1, 0.15) is 13.8 Å². The average molecular weight is 167 g/mol. The first-order valence-corrected chi connectivity index (χ1v) is 4.58. The molecule has 0 aromatic carbocycles. The third-order valence-electron chi connectivity index (χ3n) is 2.37. The van der Waals surface area contributed by atoms with Crippen molar-refractivity contribution in [2.75, 3.05) is 26.2 Å². The number of rotatable bonds is 2. The Hall–Kier alpha value is -0.590. The van der Waals surface area contributed by atoms with E-state index in [0.29, 0.717) is 6.04 Å². The zero-order chi connectivity index (χ0) is 8.97. The Kier molecular flexibility index (Phi) is 3.51. The van der Waals surface area contributed by atoms with E-state index in [1.807, 2.05) is 6.92 Å². The summed E-state index contributed by atoms with van der Waals surface area (Å²) >= 11 is 0. The number of hydrogen-bond donors (Lipinski definition) is 1. The van der Waals surface area contributed by atoms with Crippen LogP contribution in [-0.4, -0.2) is 37.1 Å². The molecule has 1 saturated heterocycles. The third kappa shape index (κ3) is 2.47. The quantitative estimate of drug-likeness (QED) is 0.648. The Morgan fingerprint density at radius 2 is 2.50 bits per heavy atom. The van der Waals surface area contributed by atoms with Gasteiger partial charge in [-0.2, -0.15) is 5.26 Å². The van der Waals surface area contributed by atoms with Crippen molar-refractivity contribution >= 4 is 0 Å². The van der Waals surface area contributed by atoms with E-state index >= 15 is 0 Å². The van der Waals surface area contributed by atoms with Crippen LogP contribution in [-0.2, 0) is 0 Å². The highest BCUT2D eigenvalue weighted by Crippen LogP contribution is 2.05. The molecule has 0 aromatic heterocycles. The molecule has 68 valence electrons. The maximum absolute atomic E-state index is 8.66. The Morgan fingerprint density at radius 3 is 3.08 bits per heavy atom. The highest BCUT2D eigenvalue weighted by molar-refractivity contribution is 4.85. The second-order valence-corrected chi connectivity index (χ2v) is 3.58. The van der Waals surface area contributed by atoms with Crippen molar-refractivity contribution in [2.24, 2.45) is 5.92 Å². The van der Waals surface area contributed by atoms with Crippen LogP contribution >= 0.6 is 0 Å². The molecule has 0 spiro atoms. The summed E-state index contributed by atoms with van der Waals surface area (Å²) in [4.78, 5) is 2.38. The lowest BCUT2D eigenvalue weighted by atomic mass is 10.1. The number of nitrogens with zero attached hydrogens (tertiary/aromatic N) is 2. The van der Waals surface area contributed by atoms with Crippen molar-refractivity contribution in [2.45, 2.75) is 19.9 Å². The van der Waals surface area contributed by atoms with Gasteiger partial charge in [0.2, 0.25) is 0 Å². The number of hydrogen-bond acceptors (Lipinski definition) is 3. The Labute approximate surface area is 74.4 Å². The van der Waals surface area contributed by atoms with Gasteiger partial charge in [0.15, 0.2) is 0 Å². The summed E-state index contributed by atoms with van der Waals surface area (Å²) in [6, 6.07) is 2.85. The normalized spacial score (nSPS) is 27.9. The van der Waals surface area contributed by atoms with Gasteiger partial charge in [0.25, 0.3) is 0 Å². The summed E-state index contributed by atoms with van der Waals surface area (Å²) in [7, 11) is 0. The van der Waals surface area contributed by atoms with Gasteiger partial charge in [0.1, 0.15) is 0 Å². The fourth-order valence-corrected chi connectivity index (χ4v) is 1.55. The second kappa shape index (κ2) is 4.44. The van der Waals surface area contributed by atoms with Crippen molar-refractivity contribution < 1.29 is 0 Å². The summed E-state index contributed by atoms with van der Waals surface area (Å²) in [5.41, 5.74) is 0. The average Bonchev–Trinajstić information content (AvgIpc) is 2.09. The van der Waals surface area contributed by atoms with E-state index in [9.17, 15) is 0 Å².